The van der Waals surface area contributed by atoms with E-state index in [0.29, 0.717) is 37.3 Å². The van der Waals surface area contributed by atoms with Crippen molar-refractivity contribution in [3.8, 4) is 0 Å². The monoisotopic (exact) mass is 397 g/mol. The maximum Gasteiger partial charge on any atom is 0.291 e. The standard InChI is InChI=1S/C22H27N3O4/c1-22(2,3)21(28)25-11-9-15(10-12-25)19(26)23-16-6-4-7-17(14-16)24-20(27)18-8-5-13-29-18/h4-8,13-15H,9-12H2,1-3H3,(H,23,26)(H,24,27). The second kappa shape index (κ2) is 8.51. The van der Waals surface area contributed by atoms with Gasteiger partial charge < -0.3 is 20.0 Å². The summed E-state index contributed by atoms with van der Waals surface area (Å²) in [6, 6.07) is 10.2. The number of hydrogen-bond donors (Lipinski definition) is 2. The molecule has 0 atom stereocenters. The van der Waals surface area contributed by atoms with Gasteiger partial charge in [0.1, 0.15) is 0 Å². The van der Waals surface area contributed by atoms with E-state index >= 15 is 0 Å². The first-order valence-electron chi connectivity index (χ1n) is 9.79. The van der Waals surface area contributed by atoms with Gasteiger partial charge in [0, 0.05) is 35.8 Å². The van der Waals surface area contributed by atoms with Crippen LogP contribution in [0, 0.1) is 11.3 Å². The molecule has 7 heteroatoms. The number of furan rings is 1. The fourth-order valence-electron chi connectivity index (χ4n) is 3.34. The molecule has 0 unspecified atom stereocenters. The molecule has 2 heterocycles. The van der Waals surface area contributed by atoms with Crippen LogP contribution in [0.5, 0.6) is 0 Å². The molecule has 0 spiro atoms. The molecular weight excluding hydrogens is 370 g/mol. The highest BCUT2D eigenvalue weighted by molar-refractivity contribution is 6.02. The first-order valence-corrected chi connectivity index (χ1v) is 9.79. The molecule has 154 valence electrons. The largest absolute Gasteiger partial charge is 0.459 e. The van der Waals surface area contributed by atoms with Crippen molar-refractivity contribution < 1.29 is 18.8 Å². The zero-order chi connectivity index (χ0) is 21.0. The van der Waals surface area contributed by atoms with Crippen molar-refractivity contribution in [2.24, 2.45) is 11.3 Å². The van der Waals surface area contributed by atoms with Crippen molar-refractivity contribution in [2.45, 2.75) is 33.6 Å². The average Bonchev–Trinajstić information content (AvgIpc) is 3.22. The Balaban J connectivity index is 1.55. The number of carbonyl (C=O) groups excluding carboxylic acids is 3. The molecule has 0 saturated carbocycles. The van der Waals surface area contributed by atoms with E-state index in [4.69, 9.17) is 4.42 Å². The zero-order valence-corrected chi connectivity index (χ0v) is 17.0. The van der Waals surface area contributed by atoms with E-state index in [1.807, 2.05) is 25.7 Å². The second-order valence-corrected chi connectivity index (χ2v) is 8.32. The summed E-state index contributed by atoms with van der Waals surface area (Å²) in [5, 5.41) is 5.66. The second-order valence-electron chi connectivity index (χ2n) is 8.32. The van der Waals surface area contributed by atoms with Gasteiger partial charge in [0.05, 0.1) is 6.26 Å². The summed E-state index contributed by atoms with van der Waals surface area (Å²) in [5.41, 5.74) is 0.769. The molecule has 3 amide bonds. The minimum Gasteiger partial charge on any atom is -0.459 e. The minimum atomic E-state index is -0.407. The molecule has 7 nitrogen and oxygen atoms in total. The number of rotatable bonds is 4. The van der Waals surface area contributed by atoms with Crippen LogP contribution in [0.1, 0.15) is 44.2 Å². The Labute approximate surface area is 170 Å². The Bertz CT molecular complexity index is 876. The third kappa shape index (κ3) is 5.25. The fourth-order valence-corrected chi connectivity index (χ4v) is 3.34. The summed E-state index contributed by atoms with van der Waals surface area (Å²) in [6.07, 6.45) is 2.72. The minimum absolute atomic E-state index is 0.0673. The van der Waals surface area contributed by atoms with Gasteiger partial charge in [-0.15, -0.1) is 0 Å². The van der Waals surface area contributed by atoms with Gasteiger partial charge in [0.2, 0.25) is 11.8 Å². The van der Waals surface area contributed by atoms with Gasteiger partial charge >= 0.3 is 0 Å². The molecule has 29 heavy (non-hydrogen) atoms. The fraction of sp³-hybridized carbons (Fsp3) is 0.409. The molecule has 1 saturated heterocycles. The number of amides is 3. The van der Waals surface area contributed by atoms with Crippen LogP contribution in [0.25, 0.3) is 0 Å². The number of nitrogens with zero attached hydrogens (tertiary/aromatic N) is 1. The number of nitrogens with one attached hydrogen (secondary N) is 2. The van der Waals surface area contributed by atoms with E-state index in [-0.39, 0.29) is 29.4 Å². The van der Waals surface area contributed by atoms with Crippen LogP contribution >= 0.6 is 0 Å². The normalized spacial score (nSPS) is 15.1. The predicted octanol–water partition coefficient (Wildman–Crippen LogP) is 3.76. The van der Waals surface area contributed by atoms with E-state index < -0.39 is 5.41 Å². The molecule has 0 aliphatic carbocycles. The van der Waals surface area contributed by atoms with E-state index in [9.17, 15) is 14.4 Å². The number of anilines is 2. The van der Waals surface area contributed by atoms with Crippen LogP contribution in [-0.4, -0.2) is 35.7 Å². The van der Waals surface area contributed by atoms with E-state index in [1.54, 1.807) is 36.4 Å². The Morgan fingerprint density at radius 1 is 1.00 bits per heavy atom. The Morgan fingerprint density at radius 3 is 2.24 bits per heavy atom. The summed E-state index contributed by atoms with van der Waals surface area (Å²) in [5.74, 6) is -0.218. The van der Waals surface area contributed by atoms with Crippen molar-refractivity contribution in [1.29, 1.82) is 0 Å². The molecule has 0 radical (unpaired) electrons. The maximum atomic E-state index is 12.6. The summed E-state index contributed by atoms with van der Waals surface area (Å²) in [4.78, 5) is 39.0. The van der Waals surface area contributed by atoms with Crippen LogP contribution in [0.3, 0.4) is 0 Å². The van der Waals surface area contributed by atoms with Crippen LogP contribution in [0.4, 0.5) is 11.4 Å². The van der Waals surface area contributed by atoms with Crippen molar-refractivity contribution in [1.82, 2.24) is 4.90 Å². The van der Waals surface area contributed by atoms with E-state index in [2.05, 4.69) is 10.6 Å². The number of piperidine rings is 1. The first-order chi connectivity index (χ1) is 13.7. The highest BCUT2D eigenvalue weighted by Gasteiger charge is 2.32. The van der Waals surface area contributed by atoms with E-state index in [1.165, 1.54) is 6.26 Å². The van der Waals surface area contributed by atoms with Gasteiger partial charge in [0.15, 0.2) is 5.76 Å². The molecule has 3 rings (SSSR count). The number of hydrogen-bond acceptors (Lipinski definition) is 4. The summed E-state index contributed by atoms with van der Waals surface area (Å²) in [6.45, 7) is 6.91. The summed E-state index contributed by atoms with van der Waals surface area (Å²) >= 11 is 0. The van der Waals surface area contributed by atoms with E-state index in [0.717, 1.165) is 0 Å². The lowest BCUT2D eigenvalue weighted by Gasteiger charge is -2.35. The number of carbonyl (C=O) groups is 3. The lowest BCUT2D eigenvalue weighted by molar-refractivity contribution is -0.142. The van der Waals surface area contributed by atoms with Gasteiger partial charge in [-0.3, -0.25) is 14.4 Å². The van der Waals surface area contributed by atoms with Gasteiger partial charge in [-0.25, -0.2) is 0 Å². The van der Waals surface area contributed by atoms with Gasteiger partial charge in [0.25, 0.3) is 5.91 Å². The lowest BCUT2D eigenvalue weighted by Crippen LogP contribution is -2.45. The topological polar surface area (TPSA) is 91.7 Å². The highest BCUT2D eigenvalue weighted by atomic mass is 16.3. The first kappa shape index (κ1) is 20.6. The Morgan fingerprint density at radius 2 is 1.66 bits per heavy atom. The van der Waals surface area contributed by atoms with Crippen LogP contribution < -0.4 is 10.6 Å². The molecule has 2 N–H and O–H groups in total. The molecule has 1 fully saturated rings. The van der Waals surface area contributed by atoms with Crippen LogP contribution in [0.2, 0.25) is 0 Å². The van der Waals surface area contributed by atoms with Gasteiger partial charge in [-0.2, -0.15) is 0 Å². The molecule has 1 aromatic heterocycles. The third-order valence-corrected chi connectivity index (χ3v) is 4.93. The lowest BCUT2D eigenvalue weighted by atomic mass is 9.90. The smallest absolute Gasteiger partial charge is 0.291 e. The van der Waals surface area contributed by atoms with Crippen molar-refractivity contribution in [3.63, 3.8) is 0 Å². The van der Waals surface area contributed by atoms with Crippen molar-refractivity contribution >= 4 is 29.1 Å². The summed E-state index contributed by atoms with van der Waals surface area (Å²) in [7, 11) is 0. The van der Waals surface area contributed by atoms with Gasteiger partial charge in [-0.1, -0.05) is 26.8 Å². The zero-order valence-electron chi connectivity index (χ0n) is 17.0. The Kier molecular flexibility index (Phi) is 6.06. The Hall–Kier alpha value is -3.09. The molecule has 1 aliphatic rings. The predicted molar refractivity (Wildman–Crippen MR) is 110 cm³/mol. The molecular formula is C22H27N3O4. The molecule has 1 aliphatic heterocycles. The average molecular weight is 397 g/mol. The molecule has 1 aromatic carbocycles. The molecule has 2 aromatic rings. The van der Waals surface area contributed by atoms with Gasteiger partial charge in [-0.05, 0) is 43.2 Å². The van der Waals surface area contributed by atoms with Crippen LogP contribution in [0.15, 0.2) is 47.1 Å². The summed E-state index contributed by atoms with van der Waals surface area (Å²) < 4.78 is 5.08. The van der Waals surface area contributed by atoms with Crippen molar-refractivity contribution in [2.75, 3.05) is 23.7 Å². The maximum absolute atomic E-state index is 12.6. The number of likely N-dealkylation sites (tertiary alicyclic amines) is 1. The SMILES string of the molecule is CC(C)(C)C(=O)N1CCC(C(=O)Nc2cccc(NC(=O)c3ccco3)c2)CC1. The van der Waals surface area contributed by atoms with Crippen LogP contribution in [-0.2, 0) is 9.59 Å². The highest BCUT2D eigenvalue weighted by Crippen LogP contribution is 2.25. The molecule has 0 bridgehead atoms. The quantitative estimate of drug-likeness (QED) is 0.822. The van der Waals surface area contributed by atoms with Crippen molar-refractivity contribution in [3.05, 3.63) is 48.4 Å². The third-order valence-electron chi connectivity index (χ3n) is 4.93. The number of benzene rings is 1.